The minimum atomic E-state index is -0.246. The Morgan fingerprint density at radius 1 is 1.20 bits per heavy atom. The smallest absolute Gasteiger partial charge is 0.336 e. The van der Waals surface area contributed by atoms with E-state index in [9.17, 15) is 9.59 Å². The van der Waals surface area contributed by atoms with E-state index in [1.807, 2.05) is 20.8 Å². The van der Waals surface area contributed by atoms with Crippen molar-refractivity contribution in [3.63, 3.8) is 0 Å². The number of ether oxygens (including phenoxy) is 1. The highest BCUT2D eigenvalue weighted by atomic mass is 32.2. The predicted molar refractivity (Wildman–Crippen MR) is 99.5 cm³/mol. The van der Waals surface area contributed by atoms with Gasteiger partial charge in [0.05, 0.1) is 21.6 Å². The van der Waals surface area contributed by atoms with Gasteiger partial charge in [-0.3, -0.25) is 4.79 Å². The number of thioether (sulfide) groups is 1. The van der Waals surface area contributed by atoms with Crippen LogP contribution in [0.1, 0.15) is 65.7 Å². The van der Waals surface area contributed by atoms with Gasteiger partial charge in [-0.1, -0.05) is 31.0 Å². The van der Waals surface area contributed by atoms with Crippen LogP contribution in [0.25, 0.3) is 0 Å². The molecule has 2 heterocycles. The van der Waals surface area contributed by atoms with Crippen molar-refractivity contribution >= 4 is 23.6 Å². The molecule has 2 aliphatic heterocycles. The van der Waals surface area contributed by atoms with Gasteiger partial charge in [0.15, 0.2) is 0 Å². The number of esters is 1. The van der Waals surface area contributed by atoms with Gasteiger partial charge in [-0.15, -0.1) is 0 Å². The van der Waals surface area contributed by atoms with Crippen LogP contribution in [-0.2, 0) is 14.3 Å². The van der Waals surface area contributed by atoms with E-state index in [4.69, 9.17) is 4.74 Å². The number of carbonyl (C=O) groups excluding carboxylic acids is 2. The van der Waals surface area contributed by atoms with Gasteiger partial charge < -0.3 is 15.0 Å². The molecule has 0 spiro atoms. The van der Waals surface area contributed by atoms with Gasteiger partial charge in [-0.2, -0.15) is 0 Å². The topological polar surface area (TPSA) is 58.6 Å². The Kier molecular flexibility index (Phi) is 5.77. The summed E-state index contributed by atoms with van der Waals surface area (Å²) in [5, 5.41) is 4.09. The molecule has 0 aromatic heterocycles. The van der Waals surface area contributed by atoms with E-state index < -0.39 is 0 Å². The maximum atomic E-state index is 12.8. The summed E-state index contributed by atoms with van der Waals surface area (Å²) in [4.78, 5) is 28.0. The minimum absolute atomic E-state index is 0.00729. The third-order valence-electron chi connectivity index (χ3n) is 4.98. The molecule has 0 saturated heterocycles. The average Bonchev–Trinajstić information content (AvgIpc) is 2.92. The third-order valence-corrected chi connectivity index (χ3v) is 6.32. The highest BCUT2D eigenvalue weighted by molar-refractivity contribution is 8.07. The summed E-state index contributed by atoms with van der Waals surface area (Å²) < 4.78 is 5.39. The molecule has 0 radical (unpaired) electrons. The van der Waals surface area contributed by atoms with Gasteiger partial charge >= 0.3 is 5.97 Å². The van der Waals surface area contributed by atoms with Crippen LogP contribution in [0.4, 0.5) is 0 Å². The van der Waals surface area contributed by atoms with E-state index in [0.717, 1.165) is 47.9 Å². The lowest BCUT2D eigenvalue weighted by Gasteiger charge is -2.28. The molecular weight excluding hydrogens is 336 g/mol. The van der Waals surface area contributed by atoms with E-state index in [1.165, 1.54) is 31.0 Å². The summed E-state index contributed by atoms with van der Waals surface area (Å²) in [6, 6.07) is 0.291. The van der Waals surface area contributed by atoms with Crippen molar-refractivity contribution in [1.82, 2.24) is 10.2 Å². The molecule has 1 fully saturated rings. The molecule has 3 aliphatic rings. The molecule has 0 bridgehead atoms. The van der Waals surface area contributed by atoms with Crippen molar-refractivity contribution in [2.75, 3.05) is 6.54 Å². The van der Waals surface area contributed by atoms with Gasteiger partial charge in [0, 0.05) is 18.3 Å². The molecule has 1 saturated carbocycles. The summed E-state index contributed by atoms with van der Waals surface area (Å²) in [5.41, 5.74) is 1.67. The quantitative estimate of drug-likeness (QED) is 0.771. The van der Waals surface area contributed by atoms with Crippen molar-refractivity contribution in [3.05, 3.63) is 21.2 Å². The Balaban J connectivity index is 1.75. The van der Waals surface area contributed by atoms with Crippen LogP contribution in [0.15, 0.2) is 21.2 Å². The van der Waals surface area contributed by atoms with Crippen molar-refractivity contribution < 1.29 is 14.3 Å². The monoisotopic (exact) mass is 364 g/mol. The summed E-state index contributed by atoms with van der Waals surface area (Å²) >= 11 is 1.44. The van der Waals surface area contributed by atoms with Crippen LogP contribution >= 0.6 is 11.8 Å². The second-order valence-corrected chi connectivity index (χ2v) is 8.32. The fourth-order valence-corrected chi connectivity index (χ4v) is 4.95. The zero-order valence-corrected chi connectivity index (χ0v) is 16.2. The standard InChI is InChI=1S/C19H28N2O3S/c1-12(2)24-19(23)15-10-7-11-21-13(3)16(25-18(15)21)17(22)20-14-8-5-4-6-9-14/h12,14H,4-11H2,1-3H3,(H,20,22). The van der Waals surface area contributed by atoms with Crippen LogP contribution in [-0.4, -0.2) is 35.5 Å². The van der Waals surface area contributed by atoms with Crippen LogP contribution in [0, 0.1) is 0 Å². The normalized spacial score (nSPS) is 21.7. The van der Waals surface area contributed by atoms with Crippen molar-refractivity contribution in [3.8, 4) is 0 Å². The van der Waals surface area contributed by atoms with E-state index in [1.54, 1.807) is 0 Å². The van der Waals surface area contributed by atoms with Gasteiger partial charge in [0.2, 0.25) is 0 Å². The lowest BCUT2D eigenvalue weighted by Crippen LogP contribution is -2.36. The van der Waals surface area contributed by atoms with Crippen molar-refractivity contribution in [2.24, 2.45) is 0 Å². The minimum Gasteiger partial charge on any atom is -0.460 e. The van der Waals surface area contributed by atoms with Gasteiger partial charge in [-0.25, -0.2) is 4.79 Å². The van der Waals surface area contributed by atoms with Gasteiger partial charge in [-0.05, 0) is 46.5 Å². The number of nitrogens with one attached hydrogen (secondary N) is 1. The van der Waals surface area contributed by atoms with E-state index in [-0.39, 0.29) is 18.0 Å². The molecule has 3 rings (SSSR count). The number of amides is 1. The molecule has 25 heavy (non-hydrogen) atoms. The first-order valence-electron chi connectivity index (χ1n) is 9.38. The average molecular weight is 365 g/mol. The van der Waals surface area contributed by atoms with Crippen molar-refractivity contribution in [2.45, 2.75) is 77.9 Å². The van der Waals surface area contributed by atoms with E-state index in [0.29, 0.717) is 11.6 Å². The van der Waals surface area contributed by atoms with Crippen LogP contribution in [0.2, 0.25) is 0 Å². The number of nitrogens with zero attached hydrogens (tertiary/aromatic N) is 1. The maximum Gasteiger partial charge on any atom is 0.336 e. The first kappa shape index (κ1) is 18.4. The molecule has 6 heteroatoms. The first-order chi connectivity index (χ1) is 12.0. The van der Waals surface area contributed by atoms with Crippen LogP contribution in [0.3, 0.4) is 0 Å². The fraction of sp³-hybridized carbons (Fsp3) is 0.684. The molecule has 0 unspecified atom stereocenters. The highest BCUT2D eigenvalue weighted by Crippen LogP contribution is 2.46. The van der Waals surface area contributed by atoms with Gasteiger partial charge in [0.1, 0.15) is 0 Å². The summed E-state index contributed by atoms with van der Waals surface area (Å²) in [7, 11) is 0. The summed E-state index contributed by atoms with van der Waals surface area (Å²) in [6.45, 7) is 6.55. The first-order valence-corrected chi connectivity index (χ1v) is 10.2. The number of fused-ring (bicyclic) bond motifs is 1. The Morgan fingerprint density at radius 3 is 2.60 bits per heavy atom. The number of carbonyl (C=O) groups is 2. The molecule has 1 aliphatic carbocycles. The molecule has 1 amide bonds. The Labute approximate surface area is 154 Å². The second-order valence-electron chi connectivity index (χ2n) is 7.32. The van der Waals surface area contributed by atoms with E-state index in [2.05, 4.69) is 10.2 Å². The molecule has 0 aromatic rings. The molecule has 1 N–H and O–H groups in total. The van der Waals surface area contributed by atoms with E-state index >= 15 is 0 Å². The highest BCUT2D eigenvalue weighted by Gasteiger charge is 2.36. The Morgan fingerprint density at radius 2 is 1.92 bits per heavy atom. The van der Waals surface area contributed by atoms with Gasteiger partial charge in [0.25, 0.3) is 5.91 Å². The molecular formula is C19H28N2O3S. The Bertz CT molecular complexity index is 618. The predicted octanol–water partition coefficient (Wildman–Crippen LogP) is 3.67. The fourth-order valence-electron chi connectivity index (χ4n) is 3.70. The molecule has 0 aromatic carbocycles. The largest absolute Gasteiger partial charge is 0.460 e. The second kappa shape index (κ2) is 7.85. The number of allylic oxidation sites excluding steroid dienone is 1. The lowest BCUT2D eigenvalue weighted by atomic mass is 9.95. The zero-order chi connectivity index (χ0) is 18.0. The Hall–Kier alpha value is -1.43. The third kappa shape index (κ3) is 4.05. The van der Waals surface area contributed by atoms with Crippen LogP contribution in [0.5, 0.6) is 0 Å². The zero-order valence-electron chi connectivity index (χ0n) is 15.4. The number of hydrogen-bond acceptors (Lipinski definition) is 5. The summed E-state index contributed by atoms with van der Waals surface area (Å²) in [6.07, 6.45) is 7.28. The molecule has 0 atom stereocenters. The van der Waals surface area contributed by atoms with Crippen LogP contribution < -0.4 is 5.32 Å². The molecule has 5 nitrogen and oxygen atoms in total. The lowest BCUT2D eigenvalue weighted by molar-refractivity contribution is -0.143. The maximum absolute atomic E-state index is 12.8. The van der Waals surface area contributed by atoms with Crippen molar-refractivity contribution in [1.29, 1.82) is 0 Å². The summed E-state index contributed by atoms with van der Waals surface area (Å²) in [5.74, 6) is -0.239. The number of hydrogen-bond donors (Lipinski definition) is 1. The SMILES string of the molecule is CC1=C(C(=O)NC2CCCCC2)SC2=C(C(=O)OC(C)C)CCCN12. The number of rotatable bonds is 4. The molecule has 138 valence electrons.